The molecule has 0 spiro atoms. The van der Waals surface area contributed by atoms with Crippen molar-refractivity contribution >= 4 is 11.6 Å². The van der Waals surface area contributed by atoms with Gasteiger partial charge in [0.25, 0.3) is 5.91 Å². The summed E-state index contributed by atoms with van der Waals surface area (Å²) in [6.45, 7) is 2.06. The standard InChI is InChI=1S/C14H20N2O2/c1-9(10-4-3-5-10)16-14(17)12-8-11(15)6-7-13(12)18-2/h6-10H,3-5,15H2,1-2H3,(H,16,17). The van der Waals surface area contributed by atoms with E-state index < -0.39 is 0 Å². The van der Waals surface area contributed by atoms with Crippen molar-refractivity contribution in [2.75, 3.05) is 12.8 Å². The normalized spacial score (nSPS) is 16.8. The van der Waals surface area contributed by atoms with Gasteiger partial charge in [-0.2, -0.15) is 0 Å². The van der Waals surface area contributed by atoms with Gasteiger partial charge in [0, 0.05) is 11.7 Å². The van der Waals surface area contributed by atoms with E-state index in [9.17, 15) is 4.79 Å². The van der Waals surface area contributed by atoms with Gasteiger partial charge in [0.2, 0.25) is 0 Å². The topological polar surface area (TPSA) is 64.3 Å². The number of carbonyl (C=O) groups is 1. The smallest absolute Gasteiger partial charge is 0.255 e. The first-order chi connectivity index (χ1) is 8.61. The van der Waals surface area contributed by atoms with E-state index in [0.29, 0.717) is 22.9 Å². The molecular weight excluding hydrogens is 228 g/mol. The molecule has 0 saturated heterocycles. The summed E-state index contributed by atoms with van der Waals surface area (Å²) in [6, 6.07) is 5.31. The van der Waals surface area contributed by atoms with Crippen molar-refractivity contribution in [1.82, 2.24) is 5.32 Å². The predicted octanol–water partition coefficient (Wildman–Crippen LogP) is 2.20. The number of hydrogen-bond acceptors (Lipinski definition) is 3. The third-order valence-electron chi connectivity index (χ3n) is 3.68. The summed E-state index contributed by atoms with van der Waals surface area (Å²) in [5.74, 6) is 1.06. The highest BCUT2D eigenvalue weighted by atomic mass is 16.5. The molecule has 1 fully saturated rings. The fraction of sp³-hybridized carbons (Fsp3) is 0.500. The first-order valence-electron chi connectivity index (χ1n) is 6.36. The van der Waals surface area contributed by atoms with Gasteiger partial charge in [-0.15, -0.1) is 0 Å². The minimum absolute atomic E-state index is 0.112. The maximum atomic E-state index is 12.2. The molecule has 4 heteroatoms. The first-order valence-corrected chi connectivity index (χ1v) is 6.36. The van der Waals surface area contributed by atoms with Crippen molar-refractivity contribution in [3.05, 3.63) is 23.8 Å². The van der Waals surface area contributed by atoms with Crippen LogP contribution in [0.2, 0.25) is 0 Å². The SMILES string of the molecule is COc1ccc(N)cc1C(=O)NC(C)C1CCC1. The number of ether oxygens (including phenoxy) is 1. The van der Waals surface area contributed by atoms with Crippen molar-refractivity contribution in [3.8, 4) is 5.75 Å². The Hall–Kier alpha value is -1.71. The molecule has 1 unspecified atom stereocenters. The third-order valence-corrected chi connectivity index (χ3v) is 3.68. The van der Waals surface area contributed by atoms with E-state index in [1.54, 1.807) is 25.3 Å². The molecule has 0 heterocycles. The lowest BCUT2D eigenvalue weighted by molar-refractivity contribution is 0.0906. The Bertz CT molecular complexity index is 441. The summed E-state index contributed by atoms with van der Waals surface area (Å²) >= 11 is 0. The largest absolute Gasteiger partial charge is 0.496 e. The minimum Gasteiger partial charge on any atom is -0.496 e. The number of hydrogen-bond donors (Lipinski definition) is 2. The molecule has 0 radical (unpaired) electrons. The molecule has 1 aromatic rings. The van der Waals surface area contributed by atoms with Gasteiger partial charge >= 0.3 is 0 Å². The molecule has 1 aliphatic rings. The molecule has 3 N–H and O–H groups in total. The van der Waals surface area contributed by atoms with Gasteiger partial charge in [-0.05, 0) is 43.9 Å². The van der Waals surface area contributed by atoms with E-state index in [1.165, 1.54) is 19.3 Å². The quantitative estimate of drug-likeness (QED) is 0.803. The molecule has 1 amide bonds. The Morgan fingerprint density at radius 2 is 2.22 bits per heavy atom. The number of anilines is 1. The van der Waals surface area contributed by atoms with Crippen molar-refractivity contribution in [2.24, 2.45) is 5.92 Å². The molecule has 98 valence electrons. The Balaban J connectivity index is 2.09. The number of benzene rings is 1. The number of carbonyl (C=O) groups excluding carboxylic acids is 1. The van der Waals surface area contributed by atoms with Gasteiger partial charge in [-0.1, -0.05) is 6.42 Å². The van der Waals surface area contributed by atoms with E-state index in [-0.39, 0.29) is 11.9 Å². The van der Waals surface area contributed by atoms with Crippen LogP contribution in [0.25, 0.3) is 0 Å². The van der Waals surface area contributed by atoms with E-state index in [1.807, 2.05) is 0 Å². The van der Waals surface area contributed by atoms with Crippen LogP contribution in [-0.4, -0.2) is 19.1 Å². The van der Waals surface area contributed by atoms with Crippen LogP contribution in [-0.2, 0) is 0 Å². The maximum absolute atomic E-state index is 12.2. The molecule has 0 aliphatic heterocycles. The van der Waals surface area contributed by atoms with Crippen molar-refractivity contribution in [1.29, 1.82) is 0 Å². The first kappa shape index (κ1) is 12.7. The number of amides is 1. The average molecular weight is 248 g/mol. The van der Waals surface area contributed by atoms with Crippen molar-refractivity contribution in [2.45, 2.75) is 32.2 Å². The van der Waals surface area contributed by atoms with Crippen LogP contribution in [0.3, 0.4) is 0 Å². The molecule has 1 saturated carbocycles. The van der Waals surface area contributed by atoms with E-state index >= 15 is 0 Å². The lowest BCUT2D eigenvalue weighted by Gasteiger charge is -2.32. The van der Waals surface area contributed by atoms with Gasteiger partial charge in [-0.25, -0.2) is 0 Å². The minimum atomic E-state index is -0.112. The predicted molar refractivity (Wildman–Crippen MR) is 71.7 cm³/mol. The number of nitrogen functional groups attached to an aromatic ring is 1. The van der Waals surface area contributed by atoms with Crippen molar-refractivity contribution < 1.29 is 9.53 Å². The van der Waals surface area contributed by atoms with Crippen LogP contribution in [0.4, 0.5) is 5.69 Å². The van der Waals surface area contributed by atoms with Gasteiger partial charge in [0.15, 0.2) is 0 Å². The highest BCUT2D eigenvalue weighted by Gasteiger charge is 2.26. The Morgan fingerprint density at radius 3 is 2.78 bits per heavy atom. The molecule has 18 heavy (non-hydrogen) atoms. The zero-order valence-corrected chi connectivity index (χ0v) is 10.9. The summed E-state index contributed by atoms with van der Waals surface area (Å²) in [5.41, 5.74) is 6.78. The molecule has 4 nitrogen and oxygen atoms in total. The van der Waals surface area contributed by atoms with Crippen LogP contribution >= 0.6 is 0 Å². The summed E-state index contributed by atoms with van der Waals surface area (Å²) in [4.78, 5) is 12.2. The highest BCUT2D eigenvalue weighted by molar-refractivity contribution is 5.98. The van der Waals surface area contributed by atoms with Crippen LogP contribution in [0.15, 0.2) is 18.2 Å². The summed E-state index contributed by atoms with van der Waals surface area (Å²) in [5, 5.41) is 3.03. The number of nitrogens with one attached hydrogen (secondary N) is 1. The Labute approximate surface area is 108 Å². The maximum Gasteiger partial charge on any atom is 0.255 e. The Morgan fingerprint density at radius 1 is 1.50 bits per heavy atom. The van der Waals surface area contributed by atoms with Crippen LogP contribution in [0.1, 0.15) is 36.5 Å². The van der Waals surface area contributed by atoms with Crippen LogP contribution in [0, 0.1) is 5.92 Å². The zero-order chi connectivity index (χ0) is 13.1. The lowest BCUT2D eigenvalue weighted by Crippen LogP contribution is -2.40. The van der Waals surface area contributed by atoms with E-state index in [4.69, 9.17) is 10.5 Å². The molecular formula is C14H20N2O2. The fourth-order valence-corrected chi connectivity index (χ4v) is 2.25. The fourth-order valence-electron chi connectivity index (χ4n) is 2.25. The van der Waals surface area contributed by atoms with Crippen molar-refractivity contribution in [3.63, 3.8) is 0 Å². The van der Waals surface area contributed by atoms with Crippen LogP contribution in [0.5, 0.6) is 5.75 Å². The second kappa shape index (κ2) is 5.29. The summed E-state index contributed by atoms with van der Waals surface area (Å²) < 4.78 is 5.19. The second-order valence-corrected chi connectivity index (χ2v) is 4.91. The summed E-state index contributed by atoms with van der Waals surface area (Å²) in [7, 11) is 1.55. The average Bonchev–Trinajstić information content (AvgIpc) is 2.26. The molecule has 0 aromatic heterocycles. The van der Waals surface area contributed by atoms with Gasteiger partial charge in [-0.3, -0.25) is 4.79 Å². The van der Waals surface area contributed by atoms with Crippen LogP contribution < -0.4 is 15.8 Å². The molecule has 1 aliphatic carbocycles. The van der Waals surface area contributed by atoms with E-state index in [0.717, 1.165) is 0 Å². The van der Waals surface area contributed by atoms with Gasteiger partial charge in [0.1, 0.15) is 5.75 Å². The monoisotopic (exact) mass is 248 g/mol. The van der Waals surface area contributed by atoms with Gasteiger partial charge < -0.3 is 15.8 Å². The molecule has 1 atom stereocenters. The number of nitrogens with two attached hydrogens (primary N) is 1. The molecule has 2 rings (SSSR count). The zero-order valence-electron chi connectivity index (χ0n) is 10.9. The molecule has 0 bridgehead atoms. The third kappa shape index (κ3) is 2.58. The lowest BCUT2D eigenvalue weighted by atomic mass is 9.80. The highest BCUT2D eigenvalue weighted by Crippen LogP contribution is 2.30. The van der Waals surface area contributed by atoms with E-state index in [2.05, 4.69) is 12.2 Å². The molecule has 1 aromatic carbocycles. The second-order valence-electron chi connectivity index (χ2n) is 4.91. The summed E-state index contributed by atoms with van der Waals surface area (Å²) in [6.07, 6.45) is 3.68. The van der Waals surface area contributed by atoms with Gasteiger partial charge in [0.05, 0.1) is 12.7 Å². The Kier molecular flexibility index (Phi) is 3.75. The number of methoxy groups -OCH3 is 1. The number of rotatable bonds is 4.